The van der Waals surface area contributed by atoms with E-state index in [9.17, 15) is 9.90 Å². The topological polar surface area (TPSA) is 58.6 Å². The number of halogens is 1. The number of benzene rings is 2. The van der Waals surface area contributed by atoms with E-state index >= 15 is 0 Å². The second-order valence-corrected chi connectivity index (χ2v) is 7.14. The van der Waals surface area contributed by atoms with E-state index in [1.165, 1.54) is 5.56 Å². The van der Waals surface area contributed by atoms with Crippen molar-refractivity contribution >= 4 is 18.4 Å². The molecule has 0 aromatic heterocycles. The molecule has 2 aromatic rings. The highest BCUT2D eigenvalue weighted by molar-refractivity contribution is 5.85. The molecular formula is C22H30ClNO3. The summed E-state index contributed by atoms with van der Waals surface area (Å²) in [5.41, 5.74) is 2.99. The summed E-state index contributed by atoms with van der Waals surface area (Å²) in [6, 6.07) is 15.0. The van der Waals surface area contributed by atoms with Crippen LogP contribution in [0.15, 0.2) is 48.5 Å². The van der Waals surface area contributed by atoms with E-state index in [0.717, 1.165) is 17.5 Å². The van der Waals surface area contributed by atoms with Crippen LogP contribution in [0.2, 0.25) is 0 Å². The molecule has 0 spiro atoms. The number of rotatable bonds is 8. The van der Waals surface area contributed by atoms with Crippen molar-refractivity contribution in [2.45, 2.75) is 39.2 Å². The monoisotopic (exact) mass is 391 g/mol. The van der Waals surface area contributed by atoms with Crippen LogP contribution in [0.3, 0.4) is 0 Å². The molecule has 0 heterocycles. The smallest absolute Gasteiger partial charge is 0.313 e. The van der Waals surface area contributed by atoms with Gasteiger partial charge in [0.1, 0.15) is 11.9 Å². The quantitative estimate of drug-likeness (QED) is 0.644. The maximum atomic E-state index is 12.6. The van der Waals surface area contributed by atoms with Gasteiger partial charge in [0.05, 0.1) is 5.92 Å². The highest BCUT2D eigenvalue weighted by atomic mass is 35.5. The largest absolute Gasteiger partial charge is 0.508 e. The molecular weight excluding hydrogens is 362 g/mol. The zero-order valence-electron chi connectivity index (χ0n) is 16.4. The van der Waals surface area contributed by atoms with Crippen molar-refractivity contribution in [2.75, 3.05) is 13.6 Å². The predicted octanol–water partition coefficient (Wildman–Crippen LogP) is 4.62. The third kappa shape index (κ3) is 6.89. The zero-order chi connectivity index (χ0) is 19.1. The van der Waals surface area contributed by atoms with Gasteiger partial charge in [-0.2, -0.15) is 0 Å². The van der Waals surface area contributed by atoms with Crippen molar-refractivity contribution in [2.24, 2.45) is 5.92 Å². The van der Waals surface area contributed by atoms with E-state index in [2.05, 4.69) is 31.3 Å². The molecule has 0 aliphatic rings. The number of likely N-dealkylation sites (N-methyl/N-ethyl adjacent to an activating group) is 1. The van der Waals surface area contributed by atoms with Crippen molar-refractivity contribution in [3.63, 3.8) is 0 Å². The fourth-order valence-electron chi connectivity index (χ4n) is 2.93. The third-order valence-electron chi connectivity index (χ3n) is 4.37. The Kier molecular flexibility index (Phi) is 9.33. The number of phenolic OH excluding ortho intramolecular Hbond substituents is 1. The lowest BCUT2D eigenvalue weighted by molar-refractivity contribution is -0.150. The molecule has 0 aliphatic heterocycles. The van der Waals surface area contributed by atoms with Crippen LogP contribution in [0.1, 0.15) is 49.5 Å². The molecule has 0 radical (unpaired) electrons. The van der Waals surface area contributed by atoms with E-state index in [1.54, 1.807) is 25.2 Å². The average Bonchev–Trinajstić information content (AvgIpc) is 2.61. The maximum absolute atomic E-state index is 12.6. The first-order valence-electron chi connectivity index (χ1n) is 9.13. The molecule has 0 saturated carbocycles. The van der Waals surface area contributed by atoms with Gasteiger partial charge in [-0.15, -0.1) is 12.4 Å². The molecule has 0 aliphatic carbocycles. The number of phenols is 1. The molecule has 4 nitrogen and oxygen atoms in total. The summed E-state index contributed by atoms with van der Waals surface area (Å²) < 4.78 is 5.73. The number of nitrogens with one attached hydrogen (secondary N) is 1. The van der Waals surface area contributed by atoms with Gasteiger partial charge in [0.25, 0.3) is 0 Å². The minimum absolute atomic E-state index is 0. The maximum Gasteiger partial charge on any atom is 0.313 e. The van der Waals surface area contributed by atoms with E-state index in [-0.39, 0.29) is 30.0 Å². The first-order chi connectivity index (χ1) is 12.4. The van der Waals surface area contributed by atoms with Crippen LogP contribution in [0.5, 0.6) is 5.75 Å². The Balaban J connectivity index is 0.00000364. The van der Waals surface area contributed by atoms with Crippen molar-refractivity contribution < 1.29 is 14.6 Å². The fourth-order valence-corrected chi connectivity index (χ4v) is 2.93. The fraction of sp³-hybridized carbons (Fsp3) is 0.409. The molecule has 2 rings (SSSR count). The molecule has 2 N–H and O–H groups in total. The molecule has 1 unspecified atom stereocenters. The molecule has 2 atom stereocenters. The molecule has 5 heteroatoms. The van der Waals surface area contributed by atoms with Gasteiger partial charge in [-0.1, -0.05) is 50.2 Å². The summed E-state index contributed by atoms with van der Waals surface area (Å²) in [6.07, 6.45) is 0.586. The number of hydrogen-bond donors (Lipinski definition) is 2. The molecule has 2 aromatic carbocycles. The van der Waals surface area contributed by atoms with Crippen LogP contribution in [-0.2, 0) is 16.0 Å². The number of aromatic hydroxyl groups is 1. The first-order valence-corrected chi connectivity index (χ1v) is 9.13. The van der Waals surface area contributed by atoms with Crippen LogP contribution in [-0.4, -0.2) is 24.7 Å². The van der Waals surface area contributed by atoms with Gasteiger partial charge in [0.2, 0.25) is 0 Å². The van der Waals surface area contributed by atoms with Gasteiger partial charge >= 0.3 is 5.97 Å². The minimum atomic E-state index is -0.442. The SMILES string of the molecule is CNC[C@H](OC(=O)C(C)c1ccc(CC(C)C)cc1)c1cccc(O)c1.Cl. The molecule has 0 amide bonds. The minimum Gasteiger partial charge on any atom is -0.508 e. The lowest BCUT2D eigenvalue weighted by Gasteiger charge is -2.21. The van der Waals surface area contributed by atoms with Crippen LogP contribution >= 0.6 is 12.4 Å². The zero-order valence-corrected chi connectivity index (χ0v) is 17.3. The van der Waals surface area contributed by atoms with Crippen LogP contribution in [0.4, 0.5) is 0 Å². The second-order valence-electron chi connectivity index (χ2n) is 7.14. The summed E-state index contributed by atoms with van der Waals surface area (Å²) in [7, 11) is 1.81. The van der Waals surface area contributed by atoms with Crippen molar-refractivity contribution in [1.29, 1.82) is 0 Å². The standard InChI is InChI=1S/C22H29NO3.ClH/c1-15(2)12-17-8-10-18(11-9-17)16(3)22(25)26-21(14-23-4)19-6-5-7-20(24)13-19;/h5-11,13,15-16,21,23-24H,12,14H2,1-4H3;1H/t16?,21-;/m0./s1. The summed E-state index contributed by atoms with van der Waals surface area (Å²) in [5, 5.41) is 12.7. The number of carbonyl (C=O) groups excluding carboxylic acids is 1. The van der Waals surface area contributed by atoms with Crippen LogP contribution in [0.25, 0.3) is 0 Å². The van der Waals surface area contributed by atoms with Crippen molar-refractivity contribution in [3.8, 4) is 5.75 Å². The second kappa shape index (κ2) is 11.0. The lowest BCUT2D eigenvalue weighted by atomic mass is 9.97. The highest BCUT2D eigenvalue weighted by Crippen LogP contribution is 2.25. The Morgan fingerprint density at radius 3 is 2.30 bits per heavy atom. The normalized spacial score (nSPS) is 12.9. The number of ether oxygens (including phenoxy) is 1. The molecule has 148 valence electrons. The number of hydrogen-bond acceptors (Lipinski definition) is 4. The van der Waals surface area contributed by atoms with Crippen LogP contribution < -0.4 is 5.32 Å². The molecule has 0 fully saturated rings. The van der Waals surface area contributed by atoms with Gasteiger partial charge in [-0.25, -0.2) is 0 Å². The van der Waals surface area contributed by atoms with Gasteiger partial charge in [-0.3, -0.25) is 4.79 Å². The van der Waals surface area contributed by atoms with E-state index in [0.29, 0.717) is 12.5 Å². The highest BCUT2D eigenvalue weighted by Gasteiger charge is 2.22. The Labute approximate surface area is 168 Å². The van der Waals surface area contributed by atoms with Crippen molar-refractivity contribution in [1.82, 2.24) is 5.32 Å². The first kappa shape index (κ1) is 23.0. The average molecular weight is 392 g/mol. The van der Waals surface area contributed by atoms with E-state index in [1.807, 2.05) is 25.1 Å². The van der Waals surface area contributed by atoms with E-state index < -0.39 is 6.10 Å². The van der Waals surface area contributed by atoms with Gasteiger partial charge in [0, 0.05) is 6.54 Å². The van der Waals surface area contributed by atoms with Crippen molar-refractivity contribution in [3.05, 3.63) is 65.2 Å². The van der Waals surface area contributed by atoms with Gasteiger partial charge < -0.3 is 15.2 Å². The Hall–Kier alpha value is -2.04. The number of carbonyl (C=O) groups is 1. The van der Waals surface area contributed by atoms with Gasteiger partial charge in [-0.05, 0) is 55.1 Å². The Morgan fingerprint density at radius 2 is 1.74 bits per heavy atom. The van der Waals surface area contributed by atoms with Gasteiger partial charge in [0.15, 0.2) is 0 Å². The summed E-state index contributed by atoms with van der Waals surface area (Å²) in [4.78, 5) is 12.6. The van der Waals surface area contributed by atoms with Crippen LogP contribution in [0, 0.1) is 5.92 Å². The predicted molar refractivity (Wildman–Crippen MR) is 112 cm³/mol. The lowest BCUT2D eigenvalue weighted by Crippen LogP contribution is -2.24. The molecule has 27 heavy (non-hydrogen) atoms. The summed E-state index contributed by atoms with van der Waals surface area (Å²) in [6.45, 7) is 6.72. The Bertz CT molecular complexity index is 716. The molecule has 0 saturated heterocycles. The Morgan fingerprint density at radius 1 is 1.07 bits per heavy atom. The van der Waals surface area contributed by atoms with E-state index in [4.69, 9.17) is 4.74 Å². The summed E-state index contributed by atoms with van der Waals surface area (Å²) >= 11 is 0. The summed E-state index contributed by atoms with van der Waals surface area (Å²) in [5.74, 6) is 0.145. The third-order valence-corrected chi connectivity index (χ3v) is 4.37. The number of esters is 1. The molecule has 0 bridgehead atoms.